The molecule has 1 aromatic heterocycles. The van der Waals surface area contributed by atoms with E-state index in [4.69, 9.17) is 9.26 Å². The van der Waals surface area contributed by atoms with Gasteiger partial charge < -0.3 is 14.2 Å². The molecular formula is C30H35F3N4O3. The van der Waals surface area contributed by atoms with Crippen molar-refractivity contribution in [2.75, 3.05) is 24.5 Å². The number of hydrogen-bond donors (Lipinski definition) is 0. The van der Waals surface area contributed by atoms with Gasteiger partial charge in [-0.15, -0.1) is 0 Å². The van der Waals surface area contributed by atoms with Gasteiger partial charge in [-0.2, -0.15) is 18.2 Å². The number of nitrogens with zero attached hydrogens (tertiary/aromatic N) is 4. The van der Waals surface area contributed by atoms with Gasteiger partial charge in [0.1, 0.15) is 5.60 Å². The minimum Gasteiger partial charge on any atom is -0.459 e. The van der Waals surface area contributed by atoms with Crippen molar-refractivity contribution in [3.8, 4) is 22.8 Å². The summed E-state index contributed by atoms with van der Waals surface area (Å²) < 4.78 is 53.3. The molecule has 214 valence electrons. The fraction of sp³-hybridized carbons (Fsp3) is 0.500. The number of halogens is 3. The zero-order valence-electron chi connectivity index (χ0n) is 23.3. The van der Waals surface area contributed by atoms with Gasteiger partial charge in [-0.3, -0.25) is 9.69 Å². The van der Waals surface area contributed by atoms with Crippen molar-refractivity contribution in [2.45, 2.75) is 77.7 Å². The molecule has 3 aromatic rings. The molecule has 0 N–H and O–H groups in total. The molecule has 1 saturated heterocycles. The summed E-state index contributed by atoms with van der Waals surface area (Å²) in [6.07, 6.45) is -0.971. The van der Waals surface area contributed by atoms with Crippen LogP contribution in [0.1, 0.15) is 63.6 Å². The fourth-order valence-electron chi connectivity index (χ4n) is 5.51. The maximum absolute atomic E-state index is 14.1. The van der Waals surface area contributed by atoms with Crippen molar-refractivity contribution in [1.82, 2.24) is 15.0 Å². The number of ether oxygens (including phenoxy) is 1. The van der Waals surface area contributed by atoms with Crippen LogP contribution in [0.4, 0.5) is 18.9 Å². The van der Waals surface area contributed by atoms with Crippen molar-refractivity contribution in [3.05, 3.63) is 53.1 Å². The SMILES string of the molecule is CC1CCCCN1c1ccc(-c2nc(-c3ccc4c(c3)CN(CC(=O)OC(C)(C)C)CC4)no2)cc1C(F)(F)F. The summed E-state index contributed by atoms with van der Waals surface area (Å²) in [5.41, 5.74) is 2.08. The van der Waals surface area contributed by atoms with Gasteiger partial charge in [-0.25, -0.2) is 0 Å². The van der Waals surface area contributed by atoms with Crippen LogP contribution in [0.15, 0.2) is 40.9 Å². The van der Waals surface area contributed by atoms with Crippen LogP contribution in [-0.4, -0.2) is 52.3 Å². The van der Waals surface area contributed by atoms with E-state index in [-0.39, 0.29) is 35.7 Å². The second kappa shape index (κ2) is 10.9. The first kappa shape index (κ1) is 28.1. The molecule has 0 spiro atoms. The van der Waals surface area contributed by atoms with Crippen LogP contribution in [0.5, 0.6) is 0 Å². The second-order valence-corrected chi connectivity index (χ2v) is 11.7. The molecule has 7 nitrogen and oxygen atoms in total. The summed E-state index contributed by atoms with van der Waals surface area (Å²) in [6, 6.07) is 10.1. The highest BCUT2D eigenvalue weighted by atomic mass is 19.4. The molecule has 0 bridgehead atoms. The van der Waals surface area contributed by atoms with E-state index in [1.165, 1.54) is 11.6 Å². The number of aromatic nitrogens is 2. The lowest BCUT2D eigenvalue weighted by atomic mass is 9.97. The standard InChI is InChI=1S/C30H35F3N4O3/c1-19-7-5-6-13-37(19)25-11-10-22(16-24(25)30(31,32)33)28-34-27(35-40-28)21-9-8-20-12-14-36(17-23(20)15-21)18-26(38)39-29(2,3)4/h8-11,15-16,19H,5-7,12-14,17-18H2,1-4H3. The molecule has 5 rings (SSSR count). The predicted octanol–water partition coefficient (Wildman–Crippen LogP) is 6.50. The summed E-state index contributed by atoms with van der Waals surface area (Å²) in [5, 5.41) is 4.07. The van der Waals surface area contributed by atoms with Crippen molar-refractivity contribution in [3.63, 3.8) is 0 Å². The third-order valence-corrected chi connectivity index (χ3v) is 7.42. The highest BCUT2D eigenvalue weighted by Gasteiger charge is 2.37. The minimum absolute atomic E-state index is 0.0306. The van der Waals surface area contributed by atoms with Crippen LogP contribution < -0.4 is 4.90 Å². The Morgan fingerprint density at radius 2 is 1.82 bits per heavy atom. The number of hydrogen-bond acceptors (Lipinski definition) is 7. The van der Waals surface area contributed by atoms with E-state index < -0.39 is 17.3 Å². The number of rotatable bonds is 5. The Balaban J connectivity index is 1.36. The number of alkyl halides is 3. The zero-order valence-corrected chi connectivity index (χ0v) is 23.3. The highest BCUT2D eigenvalue weighted by Crippen LogP contribution is 2.41. The fourth-order valence-corrected chi connectivity index (χ4v) is 5.51. The van der Waals surface area contributed by atoms with Crippen LogP contribution in [-0.2, 0) is 28.7 Å². The number of esters is 1. The lowest BCUT2D eigenvalue weighted by Crippen LogP contribution is -2.38. The number of carbonyl (C=O) groups excluding carboxylic acids is 1. The number of benzene rings is 2. The Morgan fingerprint density at radius 1 is 1.05 bits per heavy atom. The lowest BCUT2D eigenvalue weighted by Gasteiger charge is -2.37. The highest BCUT2D eigenvalue weighted by molar-refractivity contribution is 5.72. The number of fused-ring (bicyclic) bond motifs is 1. The maximum Gasteiger partial charge on any atom is 0.418 e. The topological polar surface area (TPSA) is 71.7 Å². The molecule has 0 saturated carbocycles. The third-order valence-electron chi connectivity index (χ3n) is 7.42. The van der Waals surface area contributed by atoms with Gasteiger partial charge >= 0.3 is 12.1 Å². The van der Waals surface area contributed by atoms with Crippen LogP contribution >= 0.6 is 0 Å². The van der Waals surface area contributed by atoms with E-state index in [1.54, 1.807) is 6.07 Å². The Kier molecular flexibility index (Phi) is 7.65. The van der Waals surface area contributed by atoms with Gasteiger partial charge in [-0.05, 0) is 88.8 Å². The number of carbonyl (C=O) groups is 1. The van der Waals surface area contributed by atoms with E-state index in [0.717, 1.165) is 43.9 Å². The average molecular weight is 557 g/mol. The van der Waals surface area contributed by atoms with Crippen LogP contribution in [0.2, 0.25) is 0 Å². The first-order valence-corrected chi connectivity index (χ1v) is 13.8. The van der Waals surface area contributed by atoms with Gasteiger partial charge in [0.25, 0.3) is 5.89 Å². The van der Waals surface area contributed by atoms with Crippen LogP contribution in [0.25, 0.3) is 22.8 Å². The van der Waals surface area contributed by atoms with E-state index in [9.17, 15) is 18.0 Å². The third kappa shape index (κ3) is 6.32. The van der Waals surface area contributed by atoms with Gasteiger partial charge in [0, 0.05) is 42.5 Å². The average Bonchev–Trinajstić information content (AvgIpc) is 3.37. The molecule has 2 aromatic carbocycles. The maximum atomic E-state index is 14.1. The normalized spacial score (nSPS) is 18.5. The summed E-state index contributed by atoms with van der Waals surface area (Å²) in [7, 11) is 0. The molecule has 1 atom stereocenters. The molecular weight excluding hydrogens is 521 g/mol. The van der Waals surface area contributed by atoms with Crippen LogP contribution in [0.3, 0.4) is 0 Å². The van der Waals surface area contributed by atoms with Gasteiger partial charge in [0.15, 0.2) is 0 Å². The van der Waals surface area contributed by atoms with E-state index in [2.05, 4.69) is 10.1 Å². The Labute approximate surface area is 232 Å². The molecule has 40 heavy (non-hydrogen) atoms. The Bertz CT molecular complexity index is 1380. The molecule has 1 unspecified atom stereocenters. The molecule has 1 fully saturated rings. The largest absolute Gasteiger partial charge is 0.459 e. The Hall–Kier alpha value is -3.40. The first-order valence-electron chi connectivity index (χ1n) is 13.8. The second-order valence-electron chi connectivity index (χ2n) is 11.7. The lowest BCUT2D eigenvalue weighted by molar-refractivity contribution is -0.156. The van der Waals surface area contributed by atoms with E-state index in [0.29, 0.717) is 24.5 Å². The van der Waals surface area contributed by atoms with Gasteiger partial charge in [-0.1, -0.05) is 17.3 Å². The van der Waals surface area contributed by atoms with Gasteiger partial charge in [0.2, 0.25) is 5.82 Å². The smallest absolute Gasteiger partial charge is 0.418 e. The van der Waals surface area contributed by atoms with Crippen molar-refractivity contribution < 1.29 is 27.2 Å². The summed E-state index contributed by atoms with van der Waals surface area (Å²) in [4.78, 5) is 20.6. The molecule has 0 aliphatic carbocycles. The summed E-state index contributed by atoms with van der Waals surface area (Å²) >= 11 is 0. The molecule has 2 aliphatic heterocycles. The minimum atomic E-state index is -4.52. The molecule has 10 heteroatoms. The molecule has 0 radical (unpaired) electrons. The Morgan fingerprint density at radius 3 is 2.55 bits per heavy atom. The van der Waals surface area contributed by atoms with E-state index >= 15 is 0 Å². The zero-order chi connectivity index (χ0) is 28.7. The number of anilines is 1. The summed E-state index contributed by atoms with van der Waals surface area (Å²) in [6.45, 7) is 9.60. The molecule has 0 amide bonds. The molecule has 3 heterocycles. The van der Waals surface area contributed by atoms with Crippen LogP contribution in [0, 0.1) is 0 Å². The van der Waals surface area contributed by atoms with Crippen molar-refractivity contribution in [2.24, 2.45) is 0 Å². The monoisotopic (exact) mass is 556 g/mol. The predicted molar refractivity (Wildman–Crippen MR) is 146 cm³/mol. The summed E-state index contributed by atoms with van der Waals surface area (Å²) in [5.74, 6) is 0.0567. The number of piperidine rings is 1. The van der Waals surface area contributed by atoms with Gasteiger partial charge in [0.05, 0.1) is 12.1 Å². The van der Waals surface area contributed by atoms with Crippen molar-refractivity contribution in [1.29, 1.82) is 0 Å². The van der Waals surface area contributed by atoms with E-state index in [1.807, 2.05) is 55.7 Å². The molecule has 2 aliphatic rings. The quantitative estimate of drug-likeness (QED) is 0.332. The van der Waals surface area contributed by atoms with Crippen molar-refractivity contribution >= 4 is 11.7 Å². The first-order chi connectivity index (χ1) is 18.9.